The predicted molar refractivity (Wildman–Crippen MR) is 103 cm³/mol. The number of urea groups is 1. The van der Waals surface area contributed by atoms with Crippen molar-refractivity contribution < 1.29 is 9.53 Å². The average Bonchev–Trinajstić information content (AvgIpc) is 2.68. The zero-order valence-corrected chi connectivity index (χ0v) is 15.6. The number of anilines is 1. The monoisotopic (exact) mass is 374 g/mol. The van der Waals surface area contributed by atoms with Crippen LogP contribution in [-0.4, -0.2) is 55.2 Å². The molecule has 0 atom stereocenters. The fraction of sp³-hybridized carbons (Fsp3) is 0.368. The number of hydrogen-bond donors (Lipinski definition) is 1. The smallest absolute Gasteiger partial charge is 0.317 e. The van der Waals surface area contributed by atoms with Gasteiger partial charge in [0.05, 0.1) is 6.54 Å². The molecule has 7 heteroatoms. The standard InChI is InChI=1S/C19H23ClN4O2/c1-15-14-16(5-6-17(15)20)26-13-8-22-19(25)24-11-9-23(10-12-24)18-4-2-3-7-21-18/h2-7,14H,8-13H2,1H3,(H,22,25). The third-order valence-electron chi connectivity index (χ3n) is 4.32. The van der Waals surface area contributed by atoms with Crippen LogP contribution in [0.5, 0.6) is 5.75 Å². The van der Waals surface area contributed by atoms with E-state index in [9.17, 15) is 4.79 Å². The molecule has 0 aliphatic carbocycles. The summed E-state index contributed by atoms with van der Waals surface area (Å²) in [4.78, 5) is 20.6. The lowest BCUT2D eigenvalue weighted by Gasteiger charge is -2.35. The summed E-state index contributed by atoms with van der Waals surface area (Å²) >= 11 is 5.99. The average molecular weight is 375 g/mol. The van der Waals surface area contributed by atoms with Gasteiger partial charge < -0.3 is 19.9 Å². The maximum absolute atomic E-state index is 12.3. The summed E-state index contributed by atoms with van der Waals surface area (Å²) in [6, 6.07) is 11.3. The third-order valence-corrected chi connectivity index (χ3v) is 4.74. The Hall–Kier alpha value is -2.47. The van der Waals surface area contributed by atoms with Gasteiger partial charge in [0.15, 0.2) is 0 Å². The normalized spacial score (nSPS) is 14.2. The van der Waals surface area contributed by atoms with E-state index in [2.05, 4.69) is 15.2 Å². The number of aromatic nitrogens is 1. The molecule has 1 fully saturated rings. The number of nitrogens with zero attached hydrogens (tertiary/aromatic N) is 3. The molecule has 1 aliphatic heterocycles. The van der Waals surface area contributed by atoms with Gasteiger partial charge in [-0.3, -0.25) is 0 Å². The molecule has 2 amide bonds. The molecule has 1 aliphatic rings. The summed E-state index contributed by atoms with van der Waals surface area (Å²) in [5.74, 6) is 1.71. The van der Waals surface area contributed by atoms with Crippen molar-refractivity contribution in [2.75, 3.05) is 44.2 Å². The summed E-state index contributed by atoms with van der Waals surface area (Å²) in [5, 5.41) is 3.62. The van der Waals surface area contributed by atoms with Crippen molar-refractivity contribution in [2.24, 2.45) is 0 Å². The van der Waals surface area contributed by atoms with Crippen molar-refractivity contribution in [1.82, 2.24) is 15.2 Å². The largest absolute Gasteiger partial charge is 0.492 e. The van der Waals surface area contributed by atoms with Crippen LogP contribution in [0.2, 0.25) is 5.02 Å². The summed E-state index contributed by atoms with van der Waals surface area (Å²) in [7, 11) is 0. The molecule has 0 bridgehead atoms. The van der Waals surface area contributed by atoms with Crippen molar-refractivity contribution in [1.29, 1.82) is 0 Å². The molecule has 0 radical (unpaired) electrons. The maximum Gasteiger partial charge on any atom is 0.317 e. The van der Waals surface area contributed by atoms with E-state index in [1.807, 2.05) is 48.2 Å². The second-order valence-electron chi connectivity index (χ2n) is 6.15. The van der Waals surface area contributed by atoms with E-state index in [-0.39, 0.29) is 6.03 Å². The highest BCUT2D eigenvalue weighted by Gasteiger charge is 2.21. The number of nitrogens with one attached hydrogen (secondary N) is 1. The topological polar surface area (TPSA) is 57.7 Å². The van der Waals surface area contributed by atoms with Crippen LogP contribution in [0.15, 0.2) is 42.6 Å². The molecule has 1 aromatic carbocycles. The number of carbonyl (C=O) groups excluding carboxylic acids is 1. The van der Waals surface area contributed by atoms with Crippen LogP contribution in [0.3, 0.4) is 0 Å². The number of amides is 2. The van der Waals surface area contributed by atoms with Crippen LogP contribution < -0.4 is 15.0 Å². The molecule has 3 rings (SSSR count). The number of halogens is 1. The summed E-state index contributed by atoms with van der Waals surface area (Å²) in [6.07, 6.45) is 1.79. The lowest BCUT2D eigenvalue weighted by atomic mass is 10.2. The van der Waals surface area contributed by atoms with Crippen molar-refractivity contribution >= 4 is 23.4 Å². The van der Waals surface area contributed by atoms with Gasteiger partial charge in [-0.05, 0) is 42.8 Å². The second kappa shape index (κ2) is 8.76. The minimum Gasteiger partial charge on any atom is -0.492 e. The zero-order valence-electron chi connectivity index (χ0n) is 14.8. The van der Waals surface area contributed by atoms with Gasteiger partial charge in [-0.2, -0.15) is 0 Å². The van der Waals surface area contributed by atoms with E-state index in [0.717, 1.165) is 35.2 Å². The van der Waals surface area contributed by atoms with Crippen LogP contribution in [0.25, 0.3) is 0 Å². The van der Waals surface area contributed by atoms with Crippen molar-refractivity contribution in [2.45, 2.75) is 6.92 Å². The van der Waals surface area contributed by atoms with E-state index < -0.39 is 0 Å². The Morgan fingerprint density at radius 3 is 2.73 bits per heavy atom. The molecular formula is C19H23ClN4O2. The van der Waals surface area contributed by atoms with Crippen LogP contribution in [0.1, 0.15) is 5.56 Å². The summed E-state index contributed by atoms with van der Waals surface area (Å²) in [6.45, 7) is 5.73. The van der Waals surface area contributed by atoms with Crippen LogP contribution in [0.4, 0.5) is 10.6 Å². The maximum atomic E-state index is 12.3. The Morgan fingerprint density at radius 1 is 1.23 bits per heavy atom. The lowest BCUT2D eigenvalue weighted by molar-refractivity contribution is 0.191. The zero-order chi connectivity index (χ0) is 18.4. The van der Waals surface area contributed by atoms with Crippen LogP contribution in [-0.2, 0) is 0 Å². The number of hydrogen-bond acceptors (Lipinski definition) is 4. The highest BCUT2D eigenvalue weighted by Crippen LogP contribution is 2.20. The SMILES string of the molecule is Cc1cc(OCCNC(=O)N2CCN(c3ccccn3)CC2)ccc1Cl. The first-order valence-electron chi connectivity index (χ1n) is 8.71. The fourth-order valence-electron chi connectivity index (χ4n) is 2.83. The molecule has 2 aromatic rings. The first-order valence-corrected chi connectivity index (χ1v) is 9.09. The van der Waals surface area contributed by atoms with Crippen LogP contribution in [0, 0.1) is 6.92 Å². The summed E-state index contributed by atoms with van der Waals surface area (Å²) < 4.78 is 5.65. The van der Waals surface area contributed by atoms with E-state index in [1.165, 1.54) is 0 Å². The van der Waals surface area contributed by atoms with Gasteiger partial charge >= 0.3 is 6.03 Å². The number of pyridine rings is 1. The molecule has 138 valence electrons. The Morgan fingerprint density at radius 2 is 2.04 bits per heavy atom. The molecule has 6 nitrogen and oxygen atoms in total. The van der Waals surface area contributed by atoms with Gasteiger partial charge in [-0.1, -0.05) is 17.7 Å². The highest BCUT2D eigenvalue weighted by atomic mass is 35.5. The number of piperazine rings is 1. The van der Waals surface area contributed by atoms with Gasteiger partial charge in [0, 0.05) is 37.4 Å². The first-order chi connectivity index (χ1) is 12.6. The van der Waals surface area contributed by atoms with Gasteiger partial charge in [-0.25, -0.2) is 9.78 Å². The van der Waals surface area contributed by atoms with Crippen molar-refractivity contribution in [3.05, 3.63) is 53.2 Å². The Balaban J connectivity index is 1.37. The predicted octanol–water partition coefficient (Wildman–Crippen LogP) is 2.95. The Kier molecular flexibility index (Phi) is 6.17. The fourth-order valence-corrected chi connectivity index (χ4v) is 2.94. The van der Waals surface area contributed by atoms with Crippen LogP contribution >= 0.6 is 11.6 Å². The molecule has 2 heterocycles. The Bertz CT molecular complexity index is 734. The van der Waals surface area contributed by atoms with Gasteiger partial charge in [0.2, 0.25) is 0 Å². The molecule has 0 saturated carbocycles. The van der Waals surface area contributed by atoms with E-state index in [0.29, 0.717) is 26.2 Å². The van der Waals surface area contributed by atoms with Gasteiger partial charge in [0.25, 0.3) is 0 Å². The minimum atomic E-state index is -0.0541. The van der Waals surface area contributed by atoms with Crippen molar-refractivity contribution in [3.8, 4) is 5.75 Å². The molecule has 1 aromatic heterocycles. The van der Waals surface area contributed by atoms with Gasteiger partial charge in [-0.15, -0.1) is 0 Å². The van der Waals surface area contributed by atoms with Crippen molar-refractivity contribution in [3.63, 3.8) is 0 Å². The molecule has 1 N–H and O–H groups in total. The van der Waals surface area contributed by atoms with Gasteiger partial charge in [0.1, 0.15) is 18.2 Å². The molecular weight excluding hydrogens is 352 g/mol. The molecule has 0 spiro atoms. The number of benzene rings is 1. The number of aryl methyl sites for hydroxylation is 1. The number of ether oxygens (including phenoxy) is 1. The molecule has 0 unspecified atom stereocenters. The Labute approximate surface area is 158 Å². The highest BCUT2D eigenvalue weighted by molar-refractivity contribution is 6.31. The second-order valence-corrected chi connectivity index (χ2v) is 6.56. The quantitative estimate of drug-likeness (QED) is 0.817. The van der Waals surface area contributed by atoms with E-state index in [1.54, 1.807) is 6.20 Å². The lowest BCUT2D eigenvalue weighted by Crippen LogP contribution is -2.52. The number of rotatable bonds is 5. The summed E-state index contributed by atoms with van der Waals surface area (Å²) in [5.41, 5.74) is 0.971. The first kappa shape index (κ1) is 18.3. The number of carbonyl (C=O) groups is 1. The van der Waals surface area contributed by atoms with E-state index >= 15 is 0 Å². The molecule has 26 heavy (non-hydrogen) atoms. The molecule has 1 saturated heterocycles. The van der Waals surface area contributed by atoms with E-state index in [4.69, 9.17) is 16.3 Å². The minimum absolute atomic E-state index is 0.0541. The third kappa shape index (κ3) is 4.79.